The number of allylic oxidation sites excluding steroid dienone is 1. The first-order chi connectivity index (χ1) is 11.0. The summed E-state index contributed by atoms with van der Waals surface area (Å²) in [6, 6.07) is 12.5. The highest BCUT2D eigenvalue weighted by molar-refractivity contribution is 6.07. The van der Waals surface area contributed by atoms with Crippen LogP contribution in [0.5, 0.6) is 0 Å². The van der Waals surface area contributed by atoms with Crippen LogP contribution in [0.3, 0.4) is 0 Å². The molecule has 6 nitrogen and oxygen atoms in total. The molecule has 23 heavy (non-hydrogen) atoms. The van der Waals surface area contributed by atoms with E-state index in [1.807, 2.05) is 0 Å². The number of hydrogen-bond donors (Lipinski definition) is 1. The Bertz CT molecular complexity index is 797. The third-order valence-corrected chi connectivity index (χ3v) is 2.98. The largest absolute Gasteiger partial charge is 0.326 e. The van der Waals surface area contributed by atoms with Gasteiger partial charge in [0.2, 0.25) is 5.91 Å². The molecule has 2 aromatic carbocycles. The van der Waals surface area contributed by atoms with Gasteiger partial charge in [0.15, 0.2) is 5.78 Å². The standard InChI is InChI=1S/C17H14N2O4/c1-12(20)18-15-6-3-5-14(11-15)17(21)9-8-13-4-2-7-16(10-13)19(22)23/h2-11H,1H3,(H,18,20). The van der Waals surface area contributed by atoms with E-state index in [0.717, 1.165) is 0 Å². The summed E-state index contributed by atoms with van der Waals surface area (Å²) >= 11 is 0. The van der Waals surface area contributed by atoms with E-state index in [1.165, 1.54) is 31.2 Å². The number of hydrogen-bond acceptors (Lipinski definition) is 4. The fourth-order valence-corrected chi connectivity index (χ4v) is 1.96. The van der Waals surface area contributed by atoms with Crippen LogP contribution in [0.1, 0.15) is 22.8 Å². The average Bonchev–Trinajstić information content (AvgIpc) is 2.52. The number of nitrogens with zero attached hydrogens (tertiary/aromatic N) is 1. The fraction of sp³-hybridized carbons (Fsp3) is 0.0588. The zero-order chi connectivity index (χ0) is 16.8. The van der Waals surface area contributed by atoms with Crippen LogP contribution in [0.4, 0.5) is 11.4 Å². The summed E-state index contributed by atoms with van der Waals surface area (Å²) in [5.74, 6) is -0.481. The maximum absolute atomic E-state index is 12.1. The Labute approximate surface area is 132 Å². The summed E-state index contributed by atoms with van der Waals surface area (Å²) in [5.41, 5.74) is 1.47. The highest BCUT2D eigenvalue weighted by atomic mass is 16.6. The van der Waals surface area contributed by atoms with Crippen LogP contribution < -0.4 is 5.32 Å². The van der Waals surface area contributed by atoms with Crippen molar-refractivity contribution in [3.63, 3.8) is 0 Å². The number of nitrogens with one attached hydrogen (secondary N) is 1. The monoisotopic (exact) mass is 310 g/mol. The number of nitro benzene ring substituents is 1. The molecule has 0 aromatic heterocycles. The number of nitro groups is 1. The number of rotatable bonds is 5. The van der Waals surface area contributed by atoms with Gasteiger partial charge in [-0.25, -0.2) is 0 Å². The maximum Gasteiger partial charge on any atom is 0.270 e. The van der Waals surface area contributed by atoms with E-state index < -0.39 is 4.92 Å². The fourth-order valence-electron chi connectivity index (χ4n) is 1.96. The van der Waals surface area contributed by atoms with Crippen molar-refractivity contribution in [2.24, 2.45) is 0 Å². The van der Waals surface area contributed by atoms with Gasteiger partial charge in [-0.05, 0) is 23.8 Å². The number of carbonyl (C=O) groups is 2. The molecular formula is C17H14N2O4. The second-order valence-electron chi connectivity index (χ2n) is 4.81. The third kappa shape index (κ3) is 4.60. The third-order valence-electron chi connectivity index (χ3n) is 2.98. The van der Waals surface area contributed by atoms with Crippen LogP contribution in [0.15, 0.2) is 54.6 Å². The normalized spacial score (nSPS) is 10.5. The van der Waals surface area contributed by atoms with Crippen molar-refractivity contribution in [3.8, 4) is 0 Å². The zero-order valence-corrected chi connectivity index (χ0v) is 12.4. The molecule has 116 valence electrons. The minimum Gasteiger partial charge on any atom is -0.326 e. The topological polar surface area (TPSA) is 89.3 Å². The lowest BCUT2D eigenvalue weighted by Crippen LogP contribution is -2.06. The second-order valence-corrected chi connectivity index (χ2v) is 4.81. The Morgan fingerprint density at radius 2 is 1.87 bits per heavy atom. The van der Waals surface area contributed by atoms with Gasteiger partial charge in [-0.2, -0.15) is 0 Å². The summed E-state index contributed by atoms with van der Waals surface area (Å²) in [4.78, 5) is 33.4. The molecular weight excluding hydrogens is 296 g/mol. The minimum atomic E-state index is -0.490. The van der Waals surface area contributed by atoms with Gasteiger partial charge < -0.3 is 5.32 Å². The van der Waals surface area contributed by atoms with E-state index >= 15 is 0 Å². The minimum absolute atomic E-state index is 0.0349. The lowest BCUT2D eigenvalue weighted by atomic mass is 10.1. The Kier molecular flexibility index (Phi) is 4.99. The van der Waals surface area contributed by atoms with Gasteiger partial charge in [0.25, 0.3) is 5.69 Å². The molecule has 2 rings (SSSR count). The quantitative estimate of drug-likeness (QED) is 0.396. The Morgan fingerprint density at radius 1 is 1.13 bits per heavy atom. The highest BCUT2D eigenvalue weighted by Crippen LogP contribution is 2.15. The lowest BCUT2D eigenvalue weighted by Gasteiger charge is -2.03. The van der Waals surface area contributed by atoms with Gasteiger partial charge in [-0.3, -0.25) is 19.7 Å². The Morgan fingerprint density at radius 3 is 2.57 bits per heavy atom. The van der Waals surface area contributed by atoms with Gasteiger partial charge in [0, 0.05) is 30.3 Å². The summed E-state index contributed by atoms with van der Waals surface area (Å²) in [7, 11) is 0. The molecule has 0 bridgehead atoms. The van der Waals surface area contributed by atoms with Crippen molar-refractivity contribution >= 4 is 29.1 Å². The molecule has 6 heteroatoms. The first-order valence-electron chi connectivity index (χ1n) is 6.80. The molecule has 0 atom stereocenters. The van der Waals surface area contributed by atoms with E-state index in [2.05, 4.69) is 5.32 Å². The molecule has 0 saturated carbocycles. The van der Waals surface area contributed by atoms with Gasteiger partial charge >= 0.3 is 0 Å². The van der Waals surface area contributed by atoms with Crippen LogP contribution in [0.2, 0.25) is 0 Å². The summed E-state index contributed by atoms with van der Waals surface area (Å²) in [6.45, 7) is 1.39. The number of anilines is 1. The van der Waals surface area contributed by atoms with Crippen molar-refractivity contribution in [2.75, 3.05) is 5.32 Å². The Balaban J connectivity index is 2.17. The molecule has 0 fully saturated rings. The molecule has 0 aliphatic rings. The average molecular weight is 310 g/mol. The van der Waals surface area contributed by atoms with E-state index in [9.17, 15) is 19.7 Å². The first kappa shape index (κ1) is 16.1. The van der Waals surface area contributed by atoms with Crippen molar-refractivity contribution in [3.05, 3.63) is 75.8 Å². The number of benzene rings is 2. The first-order valence-corrected chi connectivity index (χ1v) is 6.80. The van der Waals surface area contributed by atoms with Gasteiger partial charge in [-0.1, -0.05) is 30.3 Å². The molecule has 0 aliphatic carbocycles. The van der Waals surface area contributed by atoms with Crippen LogP contribution in [-0.2, 0) is 4.79 Å². The summed E-state index contributed by atoms with van der Waals surface area (Å²) in [6.07, 6.45) is 2.85. The van der Waals surface area contributed by atoms with Gasteiger partial charge in [0.1, 0.15) is 0 Å². The Hall–Kier alpha value is -3.28. The molecule has 0 unspecified atom stereocenters. The molecule has 1 N–H and O–H groups in total. The zero-order valence-electron chi connectivity index (χ0n) is 12.4. The van der Waals surface area contributed by atoms with Crippen molar-refractivity contribution in [1.29, 1.82) is 0 Å². The smallest absolute Gasteiger partial charge is 0.270 e. The number of carbonyl (C=O) groups excluding carboxylic acids is 2. The van der Waals surface area contributed by atoms with E-state index in [0.29, 0.717) is 16.8 Å². The molecule has 0 saturated heterocycles. The number of ketones is 1. The van der Waals surface area contributed by atoms with Crippen LogP contribution in [-0.4, -0.2) is 16.6 Å². The van der Waals surface area contributed by atoms with E-state index in [1.54, 1.807) is 36.4 Å². The van der Waals surface area contributed by atoms with Crippen LogP contribution >= 0.6 is 0 Å². The number of non-ortho nitro benzene ring substituents is 1. The SMILES string of the molecule is CC(=O)Nc1cccc(C(=O)C=Cc2cccc([N+](=O)[O-])c2)c1. The maximum atomic E-state index is 12.1. The second kappa shape index (κ2) is 7.13. The van der Waals surface area contributed by atoms with Crippen molar-refractivity contribution < 1.29 is 14.5 Å². The number of amides is 1. The molecule has 0 heterocycles. The van der Waals surface area contributed by atoms with Crippen LogP contribution in [0, 0.1) is 10.1 Å². The molecule has 0 spiro atoms. The van der Waals surface area contributed by atoms with Gasteiger partial charge in [-0.15, -0.1) is 0 Å². The lowest BCUT2D eigenvalue weighted by molar-refractivity contribution is -0.384. The molecule has 2 aromatic rings. The molecule has 1 amide bonds. The van der Waals surface area contributed by atoms with E-state index in [4.69, 9.17) is 0 Å². The van der Waals surface area contributed by atoms with E-state index in [-0.39, 0.29) is 17.4 Å². The highest BCUT2D eigenvalue weighted by Gasteiger charge is 2.06. The summed E-state index contributed by atoms with van der Waals surface area (Å²) in [5, 5.41) is 13.3. The van der Waals surface area contributed by atoms with Crippen LogP contribution in [0.25, 0.3) is 6.08 Å². The van der Waals surface area contributed by atoms with Gasteiger partial charge in [0.05, 0.1) is 4.92 Å². The molecule has 0 aliphatic heterocycles. The molecule has 0 radical (unpaired) electrons. The van der Waals surface area contributed by atoms with Crippen molar-refractivity contribution in [1.82, 2.24) is 0 Å². The van der Waals surface area contributed by atoms with Crippen molar-refractivity contribution in [2.45, 2.75) is 6.92 Å². The predicted molar refractivity (Wildman–Crippen MR) is 87.2 cm³/mol. The predicted octanol–water partition coefficient (Wildman–Crippen LogP) is 3.45. The summed E-state index contributed by atoms with van der Waals surface area (Å²) < 4.78 is 0.